The topological polar surface area (TPSA) is 75.1 Å². The van der Waals surface area contributed by atoms with Crippen LogP contribution in [0.4, 0.5) is 10.1 Å². The summed E-state index contributed by atoms with van der Waals surface area (Å²) in [6, 6.07) is 8.41. The van der Waals surface area contributed by atoms with Crippen molar-refractivity contribution < 1.29 is 14.3 Å². The summed E-state index contributed by atoms with van der Waals surface area (Å²) in [7, 11) is 0. The second-order valence-electron chi connectivity index (χ2n) is 7.57. The number of hydrogen-bond donors (Lipinski definition) is 2. The van der Waals surface area contributed by atoms with Crippen molar-refractivity contribution in [1.82, 2.24) is 9.97 Å². The number of carbonyl (C=O) groups is 1. The second-order valence-corrected chi connectivity index (χ2v) is 8.63. The van der Waals surface area contributed by atoms with Crippen molar-refractivity contribution in [3.05, 3.63) is 52.3 Å². The van der Waals surface area contributed by atoms with Gasteiger partial charge in [0.25, 0.3) is 5.91 Å². The van der Waals surface area contributed by atoms with Gasteiger partial charge >= 0.3 is 0 Å². The number of anilines is 1. The highest BCUT2D eigenvalue weighted by Crippen LogP contribution is 2.39. The smallest absolute Gasteiger partial charge is 0.274 e. The third kappa shape index (κ3) is 4.31. The Morgan fingerprint density at radius 3 is 2.79 bits per heavy atom. The highest BCUT2D eigenvalue weighted by atomic mass is 32.1. The van der Waals surface area contributed by atoms with Crippen molar-refractivity contribution in [2.45, 2.75) is 57.7 Å². The van der Waals surface area contributed by atoms with Crippen LogP contribution in [0.5, 0.6) is 0 Å². The lowest BCUT2D eigenvalue weighted by Crippen LogP contribution is -2.16. The van der Waals surface area contributed by atoms with E-state index in [1.54, 1.807) is 30.4 Å². The minimum absolute atomic E-state index is 0.143. The second kappa shape index (κ2) is 8.55. The van der Waals surface area contributed by atoms with E-state index in [0.29, 0.717) is 17.2 Å². The highest BCUT2D eigenvalue weighted by molar-refractivity contribution is 7.18. The number of hydrogen-bond acceptors (Lipinski definition) is 5. The molecule has 0 saturated heterocycles. The standard InChI is InChI=1S/C22H24FN3O2S/c1-13(27)16-10-19-20(29-22(26-19)14-6-3-2-4-7-14)11-18(16)25-21(28)17-9-5-8-15(12-23)24-17/h5,8-11,13-14,27H,2-4,6-7,12H2,1H3,(H,25,28). The lowest BCUT2D eigenvalue weighted by molar-refractivity contribution is 0.102. The molecule has 0 aliphatic heterocycles. The number of nitrogens with one attached hydrogen (secondary N) is 1. The van der Waals surface area contributed by atoms with Crippen LogP contribution in [0.25, 0.3) is 10.2 Å². The lowest BCUT2D eigenvalue weighted by atomic mass is 9.90. The summed E-state index contributed by atoms with van der Waals surface area (Å²) in [6.07, 6.45) is 5.35. The largest absolute Gasteiger partial charge is 0.389 e. The summed E-state index contributed by atoms with van der Waals surface area (Å²) in [5.74, 6) is 0.0698. The predicted octanol–water partition coefficient (Wildman–Crippen LogP) is 5.51. The third-order valence-corrected chi connectivity index (χ3v) is 6.59. The predicted molar refractivity (Wildman–Crippen MR) is 113 cm³/mol. The summed E-state index contributed by atoms with van der Waals surface area (Å²) in [5.41, 5.74) is 2.34. The Bertz CT molecular complexity index is 1030. The van der Waals surface area contributed by atoms with Gasteiger partial charge in [-0.3, -0.25) is 4.79 Å². The van der Waals surface area contributed by atoms with Crippen LogP contribution in [0.3, 0.4) is 0 Å². The maximum Gasteiger partial charge on any atom is 0.274 e. The average molecular weight is 414 g/mol. The van der Waals surface area contributed by atoms with Gasteiger partial charge in [0, 0.05) is 17.2 Å². The average Bonchev–Trinajstić information content (AvgIpc) is 3.16. The molecule has 1 saturated carbocycles. The molecule has 2 aromatic heterocycles. The molecule has 2 heterocycles. The minimum Gasteiger partial charge on any atom is -0.389 e. The molecular formula is C22H24FN3O2S. The van der Waals surface area contributed by atoms with E-state index in [0.717, 1.165) is 15.2 Å². The fourth-order valence-electron chi connectivity index (χ4n) is 3.85. The molecule has 7 heteroatoms. The molecule has 2 N–H and O–H groups in total. The molecule has 3 aromatic rings. The molecule has 1 unspecified atom stereocenters. The van der Waals surface area contributed by atoms with Gasteiger partial charge in [0.05, 0.1) is 27.0 Å². The van der Waals surface area contributed by atoms with E-state index in [4.69, 9.17) is 4.98 Å². The number of benzene rings is 1. The molecule has 0 radical (unpaired) electrons. The van der Waals surface area contributed by atoms with E-state index < -0.39 is 18.7 Å². The number of aliphatic hydroxyl groups excluding tert-OH is 1. The summed E-state index contributed by atoms with van der Waals surface area (Å²) in [4.78, 5) is 21.5. The number of nitrogens with zero attached hydrogens (tertiary/aromatic N) is 2. The van der Waals surface area contributed by atoms with Crippen molar-refractivity contribution in [1.29, 1.82) is 0 Å². The van der Waals surface area contributed by atoms with Crippen molar-refractivity contribution >= 4 is 33.1 Å². The number of aromatic nitrogens is 2. The number of thiazole rings is 1. The van der Waals surface area contributed by atoms with Gasteiger partial charge in [-0.1, -0.05) is 25.3 Å². The normalized spacial score (nSPS) is 16.1. The van der Waals surface area contributed by atoms with Crippen LogP contribution >= 0.6 is 11.3 Å². The molecule has 4 rings (SSSR count). The number of pyridine rings is 1. The molecule has 1 amide bonds. The lowest BCUT2D eigenvalue weighted by Gasteiger charge is -2.18. The molecule has 1 aliphatic carbocycles. The van der Waals surface area contributed by atoms with Crippen LogP contribution in [0.15, 0.2) is 30.3 Å². The zero-order valence-electron chi connectivity index (χ0n) is 16.3. The SMILES string of the molecule is CC(O)c1cc2nc(C3CCCCC3)sc2cc1NC(=O)c1cccc(CF)n1. The van der Waals surface area contributed by atoms with Gasteiger partial charge in [0.15, 0.2) is 0 Å². The fraction of sp³-hybridized carbons (Fsp3) is 0.409. The van der Waals surface area contributed by atoms with Gasteiger partial charge in [-0.25, -0.2) is 14.4 Å². The van der Waals surface area contributed by atoms with Crippen molar-refractivity contribution in [3.8, 4) is 0 Å². The zero-order chi connectivity index (χ0) is 20.4. The van der Waals surface area contributed by atoms with Crippen LogP contribution < -0.4 is 5.32 Å². The summed E-state index contributed by atoms with van der Waals surface area (Å²) in [6.45, 7) is 0.935. The maximum atomic E-state index is 12.9. The number of amides is 1. The Balaban J connectivity index is 1.66. The quantitative estimate of drug-likeness (QED) is 0.578. The molecule has 152 valence electrons. The third-order valence-electron chi connectivity index (χ3n) is 5.41. The van der Waals surface area contributed by atoms with E-state index in [1.165, 1.54) is 38.2 Å². The number of aliphatic hydroxyl groups is 1. The van der Waals surface area contributed by atoms with Gasteiger partial charge in [-0.05, 0) is 44.0 Å². The van der Waals surface area contributed by atoms with Crippen molar-refractivity contribution in [2.75, 3.05) is 5.32 Å². The molecule has 1 aliphatic rings. The molecule has 1 aromatic carbocycles. The van der Waals surface area contributed by atoms with E-state index in [1.807, 2.05) is 12.1 Å². The van der Waals surface area contributed by atoms with Gasteiger partial charge in [0.2, 0.25) is 0 Å². The van der Waals surface area contributed by atoms with E-state index >= 15 is 0 Å². The first-order valence-corrected chi connectivity index (χ1v) is 10.8. The van der Waals surface area contributed by atoms with E-state index in [9.17, 15) is 14.3 Å². The summed E-state index contributed by atoms with van der Waals surface area (Å²) < 4.78 is 13.8. The number of carbonyl (C=O) groups excluding carboxylic acids is 1. The molecule has 5 nitrogen and oxygen atoms in total. The Morgan fingerprint density at radius 1 is 1.28 bits per heavy atom. The van der Waals surface area contributed by atoms with Crippen molar-refractivity contribution in [3.63, 3.8) is 0 Å². The molecule has 1 atom stereocenters. The number of alkyl halides is 1. The highest BCUT2D eigenvalue weighted by Gasteiger charge is 2.21. The van der Waals surface area contributed by atoms with Gasteiger partial charge < -0.3 is 10.4 Å². The molecular weight excluding hydrogens is 389 g/mol. The van der Waals surface area contributed by atoms with Crippen molar-refractivity contribution in [2.24, 2.45) is 0 Å². The first kappa shape index (κ1) is 19.9. The molecule has 1 fully saturated rings. The summed E-state index contributed by atoms with van der Waals surface area (Å²) >= 11 is 1.66. The van der Waals surface area contributed by atoms with E-state index in [-0.39, 0.29) is 11.4 Å². The number of halogens is 1. The Morgan fingerprint density at radius 2 is 2.07 bits per heavy atom. The minimum atomic E-state index is -0.764. The Hall–Kier alpha value is -2.38. The molecule has 0 spiro atoms. The van der Waals surface area contributed by atoms with Crippen LogP contribution in [-0.2, 0) is 6.67 Å². The van der Waals surface area contributed by atoms with Gasteiger partial charge in [0.1, 0.15) is 12.4 Å². The van der Waals surface area contributed by atoms with E-state index in [2.05, 4.69) is 10.3 Å². The Labute approximate surface area is 173 Å². The first-order chi connectivity index (χ1) is 14.0. The van der Waals surface area contributed by atoms with Crippen LogP contribution in [0, 0.1) is 0 Å². The fourth-order valence-corrected chi connectivity index (χ4v) is 5.01. The van der Waals surface area contributed by atoms with Crippen LogP contribution in [0.1, 0.15) is 77.8 Å². The van der Waals surface area contributed by atoms with Gasteiger partial charge in [-0.15, -0.1) is 11.3 Å². The number of rotatable bonds is 5. The maximum absolute atomic E-state index is 12.9. The van der Waals surface area contributed by atoms with Gasteiger partial charge in [-0.2, -0.15) is 0 Å². The Kier molecular flexibility index (Phi) is 5.87. The van der Waals surface area contributed by atoms with Crippen LogP contribution in [0.2, 0.25) is 0 Å². The molecule has 0 bridgehead atoms. The zero-order valence-corrected chi connectivity index (χ0v) is 17.1. The first-order valence-electron chi connectivity index (χ1n) is 10.0. The summed E-state index contributed by atoms with van der Waals surface area (Å²) in [5, 5.41) is 14.2. The monoisotopic (exact) mass is 413 g/mol. The molecule has 29 heavy (non-hydrogen) atoms. The number of fused-ring (bicyclic) bond motifs is 1. The van der Waals surface area contributed by atoms with Crippen LogP contribution in [-0.4, -0.2) is 21.0 Å².